The Kier molecular flexibility index (Phi) is 5.03. The van der Waals surface area contributed by atoms with Gasteiger partial charge in [0.05, 0.1) is 31.0 Å². The minimum absolute atomic E-state index is 0.0176. The fourth-order valence-corrected chi connectivity index (χ4v) is 5.34. The Labute approximate surface area is 177 Å². The standard InChI is InChI=1S/C23H29N3O4/c1-2-24-10-12-25(13-11-24)21(27)19-18-8-9-23(30-18)16-26(22(28)20(19)23)14-15-29-17-6-4-3-5-7-17/h3-9,18-20H,2,10-16H2,1H3/t18-,19?,20?,23-/m0/s1. The highest BCUT2D eigenvalue weighted by Crippen LogP contribution is 2.52. The molecule has 2 bridgehead atoms. The summed E-state index contributed by atoms with van der Waals surface area (Å²) in [6.07, 6.45) is 3.72. The van der Waals surface area contributed by atoms with Crippen molar-refractivity contribution in [1.29, 1.82) is 0 Å². The zero-order valence-corrected chi connectivity index (χ0v) is 17.4. The van der Waals surface area contributed by atoms with E-state index in [4.69, 9.17) is 9.47 Å². The average molecular weight is 412 g/mol. The molecule has 0 saturated carbocycles. The molecule has 0 aliphatic carbocycles. The molecule has 0 aromatic heterocycles. The SMILES string of the molecule is CCN1CCN(C(=O)C2C3C(=O)N(CCOc4ccccc4)C[C@@]34C=C[C@@H]2O4)CC1. The third kappa shape index (κ3) is 3.20. The molecule has 160 valence electrons. The molecule has 3 saturated heterocycles. The van der Waals surface area contributed by atoms with Crippen molar-refractivity contribution in [1.82, 2.24) is 14.7 Å². The molecule has 30 heavy (non-hydrogen) atoms. The van der Waals surface area contributed by atoms with E-state index in [1.165, 1.54) is 0 Å². The summed E-state index contributed by atoms with van der Waals surface area (Å²) >= 11 is 0. The summed E-state index contributed by atoms with van der Waals surface area (Å²) in [5, 5.41) is 0. The Balaban J connectivity index is 1.25. The number of fused-ring (bicyclic) bond motifs is 1. The number of likely N-dealkylation sites (N-methyl/N-ethyl adjacent to an activating group) is 1. The molecule has 0 N–H and O–H groups in total. The molecule has 3 fully saturated rings. The second-order valence-electron chi connectivity index (χ2n) is 8.58. The van der Waals surface area contributed by atoms with Crippen molar-refractivity contribution in [3.8, 4) is 5.75 Å². The molecule has 4 aliphatic heterocycles. The number of carbonyl (C=O) groups excluding carboxylic acids is 2. The number of hydrogen-bond donors (Lipinski definition) is 0. The largest absolute Gasteiger partial charge is 0.492 e. The van der Waals surface area contributed by atoms with Gasteiger partial charge in [0, 0.05) is 26.2 Å². The zero-order chi connectivity index (χ0) is 20.7. The van der Waals surface area contributed by atoms with Crippen LogP contribution in [0.5, 0.6) is 5.75 Å². The van der Waals surface area contributed by atoms with Gasteiger partial charge in [-0.2, -0.15) is 0 Å². The Morgan fingerprint density at radius 1 is 1.20 bits per heavy atom. The molecule has 1 spiro atoms. The number of likely N-dealkylation sites (tertiary alicyclic amines) is 1. The van der Waals surface area contributed by atoms with Gasteiger partial charge in [-0.25, -0.2) is 0 Å². The zero-order valence-electron chi connectivity index (χ0n) is 17.4. The first kappa shape index (κ1) is 19.6. The highest BCUT2D eigenvalue weighted by Gasteiger charge is 2.67. The molecular formula is C23H29N3O4. The predicted octanol–water partition coefficient (Wildman–Crippen LogP) is 1.01. The molecule has 4 heterocycles. The summed E-state index contributed by atoms with van der Waals surface area (Å²) in [7, 11) is 0. The smallest absolute Gasteiger partial charge is 0.230 e. The van der Waals surface area contributed by atoms with Crippen molar-refractivity contribution < 1.29 is 19.1 Å². The van der Waals surface area contributed by atoms with E-state index in [2.05, 4.69) is 11.8 Å². The van der Waals surface area contributed by atoms with Crippen LogP contribution in [0.3, 0.4) is 0 Å². The van der Waals surface area contributed by atoms with E-state index in [1.807, 2.05) is 47.4 Å². The van der Waals surface area contributed by atoms with E-state index in [-0.39, 0.29) is 17.9 Å². The molecule has 7 heteroatoms. The monoisotopic (exact) mass is 411 g/mol. The maximum atomic E-state index is 13.4. The van der Waals surface area contributed by atoms with E-state index < -0.39 is 17.4 Å². The normalized spacial score (nSPS) is 32.7. The lowest BCUT2D eigenvalue weighted by Crippen LogP contribution is -2.53. The van der Waals surface area contributed by atoms with Crippen LogP contribution >= 0.6 is 0 Å². The van der Waals surface area contributed by atoms with Crippen LogP contribution in [0.4, 0.5) is 0 Å². The lowest BCUT2D eigenvalue weighted by atomic mass is 9.76. The van der Waals surface area contributed by atoms with Crippen LogP contribution in [-0.2, 0) is 14.3 Å². The number of piperazine rings is 1. The van der Waals surface area contributed by atoms with Gasteiger partial charge in [-0.15, -0.1) is 0 Å². The molecule has 1 aromatic rings. The van der Waals surface area contributed by atoms with Gasteiger partial charge in [-0.1, -0.05) is 37.3 Å². The molecule has 0 radical (unpaired) electrons. The second kappa shape index (κ2) is 7.71. The third-order valence-corrected chi connectivity index (χ3v) is 6.97. The fraction of sp³-hybridized carbons (Fsp3) is 0.565. The lowest BCUT2D eigenvalue weighted by molar-refractivity contribution is -0.144. The summed E-state index contributed by atoms with van der Waals surface area (Å²) in [5.41, 5.74) is -0.653. The summed E-state index contributed by atoms with van der Waals surface area (Å²) in [5.74, 6) is 0.0577. The first-order chi connectivity index (χ1) is 14.6. The second-order valence-corrected chi connectivity index (χ2v) is 8.58. The average Bonchev–Trinajstić information content (AvgIpc) is 3.42. The summed E-state index contributed by atoms with van der Waals surface area (Å²) in [6, 6.07) is 9.59. The summed E-state index contributed by atoms with van der Waals surface area (Å²) in [6.45, 7) is 7.78. The summed E-state index contributed by atoms with van der Waals surface area (Å²) < 4.78 is 12.0. The molecule has 1 aromatic carbocycles. The van der Waals surface area contributed by atoms with Gasteiger partial charge in [0.25, 0.3) is 0 Å². The number of carbonyl (C=O) groups is 2. The van der Waals surface area contributed by atoms with Crippen LogP contribution in [-0.4, -0.2) is 90.6 Å². The first-order valence-electron chi connectivity index (χ1n) is 11.0. The lowest BCUT2D eigenvalue weighted by Gasteiger charge is -2.37. The number of para-hydroxylation sites is 1. The quantitative estimate of drug-likeness (QED) is 0.654. The molecule has 4 atom stereocenters. The Bertz CT molecular complexity index is 836. The molecule has 4 aliphatic rings. The number of benzene rings is 1. The minimum atomic E-state index is -0.653. The number of hydrogen-bond acceptors (Lipinski definition) is 5. The summed E-state index contributed by atoms with van der Waals surface area (Å²) in [4.78, 5) is 32.7. The van der Waals surface area contributed by atoms with Crippen LogP contribution in [0.25, 0.3) is 0 Å². The first-order valence-corrected chi connectivity index (χ1v) is 11.0. The van der Waals surface area contributed by atoms with Gasteiger partial charge in [-0.05, 0) is 18.7 Å². The molecule has 7 nitrogen and oxygen atoms in total. The van der Waals surface area contributed by atoms with Crippen LogP contribution in [0.15, 0.2) is 42.5 Å². The van der Waals surface area contributed by atoms with Gasteiger partial charge in [0.1, 0.15) is 18.0 Å². The Morgan fingerprint density at radius 2 is 1.97 bits per heavy atom. The van der Waals surface area contributed by atoms with Gasteiger partial charge in [0.2, 0.25) is 11.8 Å². The predicted molar refractivity (Wildman–Crippen MR) is 111 cm³/mol. The topological polar surface area (TPSA) is 62.3 Å². The van der Waals surface area contributed by atoms with Crippen molar-refractivity contribution in [2.24, 2.45) is 11.8 Å². The third-order valence-electron chi connectivity index (χ3n) is 6.97. The van der Waals surface area contributed by atoms with Gasteiger partial charge in [0.15, 0.2) is 0 Å². The Hall–Kier alpha value is -2.38. The number of rotatable bonds is 6. The van der Waals surface area contributed by atoms with Crippen molar-refractivity contribution in [2.45, 2.75) is 18.6 Å². The fourth-order valence-electron chi connectivity index (χ4n) is 5.34. The van der Waals surface area contributed by atoms with Gasteiger partial charge < -0.3 is 24.2 Å². The van der Waals surface area contributed by atoms with E-state index in [0.717, 1.165) is 38.5 Å². The minimum Gasteiger partial charge on any atom is -0.492 e. The van der Waals surface area contributed by atoms with Crippen LogP contribution in [0, 0.1) is 11.8 Å². The molecule has 2 amide bonds. The highest BCUT2D eigenvalue weighted by molar-refractivity contribution is 5.93. The van der Waals surface area contributed by atoms with Gasteiger partial charge >= 0.3 is 0 Å². The van der Waals surface area contributed by atoms with Crippen LogP contribution < -0.4 is 4.74 Å². The number of nitrogens with zero attached hydrogens (tertiary/aromatic N) is 3. The van der Waals surface area contributed by atoms with E-state index >= 15 is 0 Å². The molecule has 2 unspecified atom stereocenters. The van der Waals surface area contributed by atoms with Crippen molar-refractivity contribution in [3.05, 3.63) is 42.5 Å². The van der Waals surface area contributed by atoms with Crippen LogP contribution in [0.2, 0.25) is 0 Å². The van der Waals surface area contributed by atoms with Crippen molar-refractivity contribution in [2.75, 3.05) is 52.4 Å². The highest BCUT2D eigenvalue weighted by atomic mass is 16.5. The maximum Gasteiger partial charge on any atom is 0.230 e. The van der Waals surface area contributed by atoms with E-state index in [1.54, 1.807) is 4.90 Å². The maximum absolute atomic E-state index is 13.4. The molecule has 5 rings (SSSR count). The Morgan fingerprint density at radius 3 is 2.70 bits per heavy atom. The van der Waals surface area contributed by atoms with Crippen LogP contribution in [0.1, 0.15) is 6.92 Å². The van der Waals surface area contributed by atoms with Gasteiger partial charge in [-0.3, -0.25) is 9.59 Å². The number of amides is 2. The number of ether oxygens (including phenoxy) is 2. The van der Waals surface area contributed by atoms with E-state index in [0.29, 0.717) is 19.7 Å². The van der Waals surface area contributed by atoms with E-state index in [9.17, 15) is 9.59 Å². The molecular weight excluding hydrogens is 382 g/mol. The van der Waals surface area contributed by atoms with Crippen molar-refractivity contribution in [3.63, 3.8) is 0 Å². The van der Waals surface area contributed by atoms with Crippen molar-refractivity contribution >= 4 is 11.8 Å².